The molecule has 3 N–H and O–H groups in total. The molecule has 0 aliphatic heterocycles. The Bertz CT molecular complexity index is 689. The third-order valence-corrected chi connectivity index (χ3v) is 2.50. The van der Waals surface area contributed by atoms with Crippen LogP contribution in [0.3, 0.4) is 0 Å². The van der Waals surface area contributed by atoms with Crippen LogP contribution in [0, 0.1) is 0 Å². The van der Waals surface area contributed by atoms with E-state index in [1.807, 2.05) is 6.07 Å². The Balaban J connectivity index is 2.18. The monoisotopic (exact) mass is 226 g/mol. The number of nitrogen functional groups attached to an aromatic ring is 1. The number of phenolic OH excluding ortho intramolecular Hbond substituents is 1. The fourth-order valence-electron chi connectivity index (χ4n) is 1.71. The summed E-state index contributed by atoms with van der Waals surface area (Å²) in [6.45, 7) is 0. The first-order valence-corrected chi connectivity index (χ1v) is 5.18. The van der Waals surface area contributed by atoms with Gasteiger partial charge in [0.05, 0.1) is 0 Å². The molecule has 0 saturated carbocycles. The van der Waals surface area contributed by atoms with Gasteiger partial charge in [0.1, 0.15) is 11.3 Å². The van der Waals surface area contributed by atoms with Gasteiger partial charge in [-0.1, -0.05) is 6.07 Å². The van der Waals surface area contributed by atoms with E-state index in [1.54, 1.807) is 36.4 Å². The van der Waals surface area contributed by atoms with Crippen LogP contribution in [0.25, 0.3) is 22.6 Å². The van der Waals surface area contributed by atoms with Crippen LogP contribution in [0.15, 0.2) is 46.9 Å². The van der Waals surface area contributed by atoms with Gasteiger partial charge in [0.15, 0.2) is 5.58 Å². The Hall–Kier alpha value is -2.49. The third-order valence-electron chi connectivity index (χ3n) is 2.50. The fraction of sp³-hybridized carbons (Fsp3) is 0. The number of anilines is 1. The molecule has 0 amide bonds. The highest BCUT2D eigenvalue weighted by Gasteiger charge is 2.08. The minimum absolute atomic E-state index is 0.185. The van der Waals surface area contributed by atoms with E-state index in [-0.39, 0.29) is 5.75 Å². The summed E-state index contributed by atoms with van der Waals surface area (Å²) in [6, 6.07) is 12.1. The number of phenols is 1. The third kappa shape index (κ3) is 1.69. The van der Waals surface area contributed by atoms with E-state index in [9.17, 15) is 5.11 Å². The molecule has 17 heavy (non-hydrogen) atoms. The van der Waals surface area contributed by atoms with Gasteiger partial charge in [-0.05, 0) is 36.4 Å². The normalized spacial score (nSPS) is 10.8. The maximum Gasteiger partial charge on any atom is 0.227 e. The smallest absolute Gasteiger partial charge is 0.227 e. The van der Waals surface area contributed by atoms with Gasteiger partial charge in [-0.3, -0.25) is 0 Å². The summed E-state index contributed by atoms with van der Waals surface area (Å²) >= 11 is 0. The molecule has 3 aromatic rings. The Morgan fingerprint density at radius 3 is 2.82 bits per heavy atom. The fourth-order valence-corrected chi connectivity index (χ4v) is 1.71. The summed E-state index contributed by atoms with van der Waals surface area (Å²) in [6.07, 6.45) is 0. The van der Waals surface area contributed by atoms with Crippen LogP contribution in [0.4, 0.5) is 5.69 Å². The first-order valence-electron chi connectivity index (χ1n) is 5.18. The molecule has 1 heterocycles. The molecule has 0 aliphatic rings. The van der Waals surface area contributed by atoms with Crippen LogP contribution >= 0.6 is 0 Å². The predicted octanol–water partition coefficient (Wildman–Crippen LogP) is 2.78. The van der Waals surface area contributed by atoms with E-state index in [0.29, 0.717) is 22.7 Å². The summed E-state index contributed by atoms with van der Waals surface area (Å²) in [7, 11) is 0. The van der Waals surface area contributed by atoms with Crippen LogP contribution in [0.1, 0.15) is 0 Å². The van der Waals surface area contributed by atoms with Crippen molar-refractivity contribution in [2.45, 2.75) is 0 Å². The lowest BCUT2D eigenvalue weighted by molar-refractivity contribution is 0.475. The highest BCUT2D eigenvalue weighted by molar-refractivity contribution is 5.79. The van der Waals surface area contributed by atoms with Gasteiger partial charge >= 0.3 is 0 Å². The van der Waals surface area contributed by atoms with Gasteiger partial charge in [0, 0.05) is 11.3 Å². The number of fused-ring (bicyclic) bond motifs is 1. The lowest BCUT2D eigenvalue weighted by Crippen LogP contribution is -1.82. The number of aromatic hydroxyl groups is 1. The van der Waals surface area contributed by atoms with Crippen molar-refractivity contribution in [1.29, 1.82) is 0 Å². The quantitative estimate of drug-likeness (QED) is 0.626. The molecular weight excluding hydrogens is 216 g/mol. The zero-order valence-corrected chi connectivity index (χ0v) is 8.92. The van der Waals surface area contributed by atoms with Crippen molar-refractivity contribution in [3.05, 3.63) is 42.5 Å². The maximum absolute atomic E-state index is 9.40. The van der Waals surface area contributed by atoms with Crippen LogP contribution in [0.5, 0.6) is 5.75 Å². The number of nitrogens with two attached hydrogens (primary N) is 1. The van der Waals surface area contributed by atoms with Crippen molar-refractivity contribution in [1.82, 2.24) is 4.98 Å². The molecule has 0 bridgehead atoms. The van der Waals surface area contributed by atoms with Gasteiger partial charge < -0.3 is 15.3 Å². The molecule has 4 nitrogen and oxygen atoms in total. The molecule has 0 unspecified atom stereocenters. The summed E-state index contributed by atoms with van der Waals surface area (Å²) in [5.41, 5.74) is 8.45. The molecule has 0 spiro atoms. The Labute approximate surface area is 97.3 Å². The van der Waals surface area contributed by atoms with Gasteiger partial charge in [-0.2, -0.15) is 0 Å². The molecule has 0 aliphatic carbocycles. The number of oxazole rings is 1. The van der Waals surface area contributed by atoms with E-state index < -0.39 is 0 Å². The SMILES string of the molecule is Nc1ccc2oc(-c3cccc(O)c3)nc2c1. The predicted molar refractivity (Wildman–Crippen MR) is 65.5 cm³/mol. The minimum Gasteiger partial charge on any atom is -0.508 e. The average Bonchev–Trinajstić information content (AvgIpc) is 2.72. The second-order valence-corrected chi connectivity index (χ2v) is 3.80. The number of nitrogens with zero attached hydrogens (tertiary/aromatic N) is 1. The first-order chi connectivity index (χ1) is 8.22. The summed E-state index contributed by atoms with van der Waals surface area (Å²) in [4.78, 5) is 4.33. The molecule has 3 rings (SSSR count). The van der Waals surface area contributed by atoms with E-state index in [2.05, 4.69) is 4.98 Å². The molecule has 4 heteroatoms. The molecule has 0 atom stereocenters. The largest absolute Gasteiger partial charge is 0.508 e. The van der Waals surface area contributed by atoms with Gasteiger partial charge in [0.2, 0.25) is 5.89 Å². The summed E-state index contributed by atoms with van der Waals surface area (Å²) < 4.78 is 5.59. The van der Waals surface area contributed by atoms with Crippen molar-refractivity contribution < 1.29 is 9.52 Å². The van der Waals surface area contributed by atoms with Crippen molar-refractivity contribution >= 4 is 16.8 Å². The van der Waals surface area contributed by atoms with Crippen LogP contribution in [-0.2, 0) is 0 Å². The van der Waals surface area contributed by atoms with Crippen molar-refractivity contribution in [2.75, 3.05) is 5.73 Å². The molecule has 1 aromatic heterocycles. The molecule has 0 fully saturated rings. The molecular formula is C13H10N2O2. The lowest BCUT2D eigenvalue weighted by Gasteiger charge is -1.95. The van der Waals surface area contributed by atoms with Gasteiger partial charge in [-0.25, -0.2) is 4.98 Å². The van der Waals surface area contributed by atoms with E-state index >= 15 is 0 Å². The number of aromatic nitrogens is 1. The molecule has 0 saturated heterocycles. The van der Waals surface area contributed by atoms with Crippen molar-refractivity contribution in [2.24, 2.45) is 0 Å². The van der Waals surface area contributed by atoms with Crippen molar-refractivity contribution in [3.8, 4) is 17.2 Å². The molecule has 2 aromatic carbocycles. The van der Waals surface area contributed by atoms with E-state index in [1.165, 1.54) is 0 Å². The highest BCUT2D eigenvalue weighted by Crippen LogP contribution is 2.27. The Morgan fingerprint density at radius 2 is 2.00 bits per heavy atom. The first kappa shape index (κ1) is 9.72. The summed E-state index contributed by atoms with van der Waals surface area (Å²) in [5, 5.41) is 9.40. The van der Waals surface area contributed by atoms with Gasteiger partial charge in [-0.15, -0.1) is 0 Å². The Kier molecular flexibility index (Phi) is 2.01. The standard InChI is InChI=1S/C13H10N2O2/c14-9-4-5-12-11(7-9)15-13(17-12)8-2-1-3-10(16)6-8/h1-7,16H,14H2. The maximum atomic E-state index is 9.40. The zero-order chi connectivity index (χ0) is 11.8. The molecule has 0 radical (unpaired) electrons. The average molecular weight is 226 g/mol. The highest BCUT2D eigenvalue weighted by atomic mass is 16.3. The van der Waals surface area contributed by atoms with Crippen LogP contribution < -0.4 is 5.73 Å². The number of hydrogen-bond acceptors (Lipinski definition) is 4. The van der Waals surface area contributed by atoms with Gasteiger partial charge in [0.25, 0.3) is 0 Å². The van der Waals surface area contributed by atoms with Crippen molar-refractivity contribution in [3.63, 3.8) is 0 Å². The zero-order valence-electron chi connectivity index (χ0n) is 8.92. The number of hydrogen-bond donors (Lipinski definition) is 2. The topological polar surface area (TPSA) is 72.3 Å². The second-order valence-electron chi connectivity index (χ2n) is 3.80. The molecule has 84 valence electrons. The number of benzene rings is 2. The lowest BCUT2D eigenvalue weighted by atomic mass is 10.2. The number of rotatable bonds is 1. The second kappa shape index (κ2) is 3.52. The Morgan fingerprint density at radius 1 is 1.12 bits per heavy atom. The summed E-state index contributed by atoms with van der Waals surface area (Å²) in [5.74, 6) is 0.658. The van der Waals surface area contributed by atoms with E-state index in [4.69, 9.17) is 10.2 Å². The minimum atomic E-state index is 0.185. The van der Waals surface area contributed by atoms with Crippen LogP contribution in [0.2, 0.25) is 0 Å². The van der Waals surface area contributed by atoms with Crippen LogP contribution in [-0.4, -0.2) is 10.1 Å². The van der Waals surface area contributed by atoms with E-state index in [0.717, 1.165) is 5.56 Å².